The predicted octanol–water partition coefficient (Wildman–Crippen LogP) is 3.58. The van der Waals surface area contributed by atoms with E-state index in [0.717, 1.165) is 5.56 Å². The highest BCUT2D eigenvalue weighted by molar-refractivity contribution is 6.00. The van der Waals surface area contributed by atoms with Crippen molar-refractivity contribution in [3.63, 3.8) is 0 Å². The molecule has 1 aliphatic heterocycles. The number of aromatic nitrogens is 2. The molecule has 33 heavy (non-hydrogen) atoms. The van der Waals surface area contributed by atoms with Crippen LogP contribution in [0.1, 0.15) is 34.1 Å². The summed E-state index contributed by atoms with van der Waals surface area (Å²) in [4.78, 5) is 26.0. The van der Waals surface area contributed by atoms with Gasteiger partial charge in [0.15, 0.2) is 0 Å². The van der Waals surface area contributed by atoms with Gasteiger partial charge in [-0.15, -0.1) is 0 Å². The third-order valence-electron chi connectivity index (χ3n) is 5.68. The van der Waals surface area contributed by atoms with Crippen LogP contribution >= 0.6 is 0 Å². The third kappa shape index (κ3) is 4.00. The highest BCUT2D eigenvalue weighted by Crippen LogP contribution is 2.46. The molecule has 4 rings (SSSR count). The number of nitro groups is 1. The number of methoxy groups -OCH3 is 3. The molecule has 0 spiro atoms. The maximum absolute atomic E-state index is 13.4. The molecule has 2 aromatic carbocycles. The lowest BCUT2D eigenvalue weighted by Crippen LogP contribution is -2.31. The molecule has 1 N–H and O–H groups in total. The number of carbonyl (C=O) groups is 1. The fourth-order valence-electron chi connectivity index (χ4n) is 4.16. The molecule has 0 saturated carbocycles. The summed E-state index contributed by atoms with van der Waals surface area (Å²) < 4.78 is 16.1. The Morgan fingerprint density at radius 1 is 1.15 bits per heavy atom. The van der Waals surface area contributed by atoms with Gasteiger partial charge in [-0.1, -0.05) is 12.1 Å². The Bertz CT molecular complexity index is 1190. The smallest absolute Gasteiger partial charge is 0.273 e. The van der Waals surface area contributed by atoms with Crippen LogP contribution in [0.5, 0.6) is 11.5 Å². The Kier molecular flexibility index (Phi) is 6.27. The normalized spacial score (nSPS) is 14.9. The minimum atomic E-state index is -0.502. The van der Waals surface area contributed by atoms with E-state index in [1.54, 1.807) is 50.5 Å². The molecule has 172 valence electrons. The quantitative estimate of drug-likeness (QED) is 0.299. The Balaban J connectivity index is 1.87. The van der Waals surface area contributed by atoms with E-state index in [4.69, 9.17) is 14.2 Å². The molecule has 0 radical (unpaired) electrons. The van der Waals surface area contributed by atoms with Crippen LogP contribution in [0.3, 0.4) is 0 Å². The predicted molar refractivity (Wildman–Crippen MR) is 120 cm³/mol. The first-order chi connectivity index (χ1) is 16.0. The number of nitro benzene ring substituents is 1. The molecule has 1 amide bonds. The first kappa shape index (κ1) is 22.3. The zero-order valence-electron chi connectivity index (χ0n) is 18.5. The highest BCUT2D eigenvalue weighted by atomic mass is 16.6. The zero-order valence-corrected chi connectivity index (χ0v) is 18.5. The van der Waals surface area contributed by atoms with Crippen LogP contribution < -0.4 is 9.47 Å². The fraction of sp³-hybridized carbons (Fsp3) is 0.304. The Hall–Kier alpha value is -3.92. The van der Waals surface area contributed by atoms with E-state index in [0.29, 0.717) is 53.6 Å². The van der Waals surface area contributed by atoms with Gasteiger partial charge in [0.25, 0.3) is 11.6 Å². The van der Waals surface area contributed by atoms with Gasteiger partial charge < -0.3 is 19.1 Å². The second kappa shape index (κ2) is 9.29. The molecular formula is C23H24N4O6. The van der Waals surface area contributed by atoms with E-state index in [9.17, 15) is 14.9 Å². The highest BCUT2D eigenvalue weighted by Gasteiger charge is 2.43. The van der Waals surface area contributed by atoms with Gasteiger partial charge in [-0.25, -0.2) is 0 Å². The number of non-ortho nitro benzene ring substituents is 1. The van der Waals surface area contributed by atoms with Crippen molar-refractivity contribution in [3.8, 4) is 22.8 Å². The van der Waals surface area contributed by atoms with E-state index in [1.807, 2.05) is 6.07 Å². The number of nitrogens with one attached hydrogen (secondary N) is 1. The molecule has 0 aliphatic carbocycles. The van der Waals surface area contributed by atoms with Gasteiger partial charge in [0, 0.05) is 55.2 Å². The van der Waals surface area contributed by atoms with Gasteiger partial charge in [0.2, 0.25) is 0 Å². The van der Waals surface area contributed by atoms with Crippen LogP contribution in [-0.4, -0.2) is 60.4 Å². The van der Waals surface area contributed by atoms with Gasteiger partial charge in [0.05, 0.1) is 30.9 Å². The molecule has 3 aromatic rings. The summed E-state index contributed by atoms with van der Waals surface area (Å²) >= 11 is 0. The number of nitrogens with zero attached hydrogens (tertiary/aromatic N) is 3. The molecule has 1 aromatic heterocycles. The second-order valence-electron chi connectivity index (χ2n) is 7.52. The van der Waals surface area contributed by atoms with Crippen molar-refractivity contribution in [2.75, 3.05) is 34.5 Å². The molecule has 10 heteroatoms. The zero-order chi connectivity index (χ0) is 23.5. The lowest BCUT2D eigenvalue weighted by molar-refractivity contribution is -0.384. The van der Waals surface area contributed by atoms with Crippen LogP contribution in [0.4, 0.5) is 5.69 Å². The number of H-pyrrole nitrogens is 1. The molecule has 10 nitrogen and oxygen atoms in total. The number of fused-ring (bicyclic) bond motifs is 1. The molecule has 1 atom stereocenters. The van der Waals surface area contributed by atoms with Crippen LogP contribution in [0.25, 0.3) is 11.3 Å². The first-order valence-corrected chi connectivity index (χ1v) is 10.3. The summed E-state index contributed by atoms with van der Waals surface area (Å²) in [7, 11) is 4.74. The lowest BCUT2D eigenvalue weighted by Gasteiger charge is -2.27. The molecule has 0 fully saturated rings. The number of ether oxygens (including phenoxy) is 3. The van der Waals surface area contributed by atoms with E-state index in [2.05, 4.69) is 10.2 Å². The monoisotopic (exact) mass is 452 g/mol. The number of rotatable bonds is 9. The molecule has 0 saturated heterocycles. The van der Waals surface area contributed by atoms with Crippen molar-refractivity contribution in [1.29, 1.82) is 0 Å². The standard InChI is InChI=1S/C23H24N4O6/c1-31-11-5-10-26-22(17-9-8-16(32-2)13-18(17)33-3)19-20(24-25-21(19)23(26)28)14-6-4-7-15(12-14)27(29)30/h4,6-9,12-13,22H,5,10-11H2,1-3H3,(H,24,25). The minimum absolute atomic E-state index is 0.0518. The maximum Gasteiger partial charge on any atom is 0.273 e. The number of amides is 1. The first-order valence-electron chi connectivity index (χ1n) is 10.3. The number of benzene rings is 2. The number of hydrogen-bond acceptors (Lipinski definition) is 7. The van der Waals surface area contributed by atoms with Crippen LogP contribution in [0.15, 0.2) is 42.5 Å². The summed E-state index contributed by atoms with van der Waals surface area (Å²) in [6, 6.07) is 11.1. The van der Waals surface area contributed by atoms with E-state index in [1.165, 1.54) is 12.1 Å². The van der Waals surface area contributed by atoms with Crippen molar-refractivity contribution in [2.45, 2.75) is 12.5 Å². The maximum atomic E-state index is 13.4. The average molecular weight is 452 g/mol. The van der Waals surface area contributed by atoms with Crippen molar-refractivity contribution in [1.82, 2.24) is 15.1 Å². The van der Waals surface area contributed by atoms with E-state index >= 15 is 0 Å². The van der Waals surface area contributed by atoms with Gasteiger partial charge in [-0.2, -0.15) is 5.10 Å². The number of carbonyl (C=O) groups excluding carboxylic acids is 1. The molecular weight excluding hydrogens is 428 g/mol. The molecule has 1 unspecified atom stereocenters. The van der Waals surface area contributed by atoms with Crippen LogP contribution in [0.2, 0.25) is 0 Å². The minimum Gasteiger partial charge on any atom is -0.497 e. The Labute approximate surface area is 190 Å². The summed E-state index contributed by atoms with van der Waals surface area (Å²) in [6.07, 6.45) is 0.640. The topological polar surface area (TPSA) is 120 Å². The summed E-state index contributed by atoms with van der Waals surface area (Å²) in [5.74, 6) is 0.980. The Morgan fingerprint density at radius 3 is 2.67 bits per heavy atom. The third-order valence-corrected chi connectivity index (χ3v) is 5.68. The van der Waals surface area contributed by atoms with Crippen LogP contribution in [-0.2, 0) is 4.74 Å². The van der Waals surface area contributed by atoms with Gasteiger partial charge >= 0.3 is 0 Å². The molecule has 0 bridgehead atoms. The van der Waals surface area contributed by atoms with Crippen molar-refractivity contribution in [3.05, 3.63) is 69.4 Å². The van der Waals surface area contributed by atoms with Gasteiger partial charge in [-0.05, 0) is 18.6 Å². The molecule has 2 heterocycles. The van der Waals surface area contributed by atoms with Crippen molar-refractivity contribution < 1.29 is 23.9 Å². The van der Waals surface area contributed by atoms with E-state index in [-0.39, 0.29) is 11.6 Å². The Morgan fingerprint density at radius 2 is 1.97 bits per heavy atom. The SMILES string of the molecule is COCCCN1C(=O)c2[nH]nc(-c3cccc([N+](=O)[O-])c3)c2C1c1ccc(OC)cc1OC. The van der Waals surface area contributed by atoms with Crippen LogP contribution in [0, 0.1) is 10.1 Å². The van der Waals surface area contributed by atoms with Gasteiger partial charge in [0.1, 0.15) is 17.2 Å². The molecule has 1 aliphatic rings. The van der Waals surface area contributed by atoms with Gasteiger partial charge in [-0.3, -0.25) is 20.0 Å². The average Bonchev–Trinajstić information content (AvgIpc) is 3.38. The van der Waals surface area contributed by atoms with E-state index < -0.39 is 11.0 Å². The summed E-state index contributed by atoms with van der Waals surface area (Å²) in [5.41, 5.74) is 2.75. The summed E-state index contributed by atoms with van der Waals surface area (Å²) in [6.45, 7) is 0.948. The van der Waals surface area contributed by atoms with Crippen molar-refractivity contribution in [2.24, 2.45) is 0 Å². The number of aromatic amines is 1. The fourth-order valence-corrected chi connectivity index (χ4v) is 4.16. The largest absolute Gasteiger partial charge is 0.497 e. The van der Waals surface area contributed by atoms with Crippen molar-refractivity contribution >= 4 is 11.6 Å². The number of hydrogen-bond donors (Lipinski definition) is 1. The second-order valence-corrected chi connectivity index (χ2v) is 7.52. The summed E-state index contributed by atoms with van der Waals surface area (Å²) in [5, 5.41) is 18.5. The lowest BCUT2D eigenvalue weighted by atomic mass is 9.95.